The summed E-state index contributed by atoms with van der Waals surface area (Å²) in [6.07, 6.45) is 1.99. The Labute approximate surface area is 275 Å². The highest BCUT2D eigenvalue weighted by atomic mass is 16.3. The molecule has 1 N–H and O–H groups in total. The Balaban J connectivity index is 1.19. The molecule has 1 aliphatic rings. The highest BCUT2D eigenvalue weighted by Crippen LogP contribution is 2.39. The number of benzene rings is 6. The maximum Gasteiger partial charge on any atom is 0.166 e. The Morgan fingerprint density at radius 1 is 0.500 bits per heavy atom. The van der Waals surface area contributed by atoms with Gasteiger partial charge in [-0.3, -0.25) is 0 Å². The van der Waals surface area contributed by atoms with Crippen molar-refractivity contribution in [1.29, 1.82) is 0 Å². The van der Waals surface area contributed by atoms with E-state index < -0.39 is 0 Å². The van der Waals surface area contributed by atoms with Crippen molar-refractivity contribution >= 4 is 49.3 Å². The van der Waals surface area contributed by atoms with Crippen molar-refractivity contribution in [2.75, 3.05) is 0 Å². The predicted molar refractivity (Wildman–Crippen MR) is 191 cm³/mol. The van der Waals surface area contributed by atoms with Crippen LogP contribution in [0.5, 0.6) is 0 Å². The number of furan rings is 2. The fourth-order valence-electron chi connectivity index (χ4n) is 6.91. The molecule has 0 aliphatic carbocycles. The van der Waals surface area contributed by atoms with E-state index in [2.05, 4.69) is 84.2 Å². The van der Waals surface area contributed by atoms with Crippen molar-refractivity contribution in [2.45, 2.75) is 6.54 Å². The molecule has 48 heavy (non-hydrogen) atoms. The van der Waals surface area contributed by atoms with Gasteiger partial charge in [0.2, 0.25) is 0 Å². The minimum atomic E-state index is 0.569. The number of nitrogens with one attached hydrogen (secondary N) is 1. The first kappa shape index (κ1) is 26.7. The Hall–Kier alpha value is -6.53. The van der Waals surface area contributed by atoms with Crippen molar-refractivity contribution in [3.8, 4) is 33.9 Å². The Morgan fingerprint density at radius 2 is 1.17 bits per heavy atom. The highest BCUT2D eigenvalue weighted by Gasteiger charge is 2.26. The molecule has 0 unspecified atom stereocenters. The lowest BCUT2D eigenvalue weighted by atomic mass is 9.99. The van der Waals surface area contributed by atoms with E-state index in [-0.39, 0.29) is 0 Å². The monoisotopic (exact) mass is 618 g/mol. The average molecular weight is 619 g/mol. The number of aromatic nitrogens is 3. The summed E-state index contributed by atoms with van der Waals surface area (Å²) in [7, 11) is 0. The van der Waals surface area contributed by atoms with Gasteiger partial charge in [-0.1, -0.05) is 103 Å². The quantitative estimate of drug-likeness (QED) is 0.212. The third-order valence-electron chi connectivity index (χ3n) is 9.17. The van der Waals surface area contributed by atoms with Crippen LogP contribution in [-0.2, 0) is 6.54 Å². The van der Waals surface area contributed by atoms with Crippen LogP contribution in [-0.4, -0.2) is 15.0 Å². The zero-order valence-electron chi connectivity index (χ0n) is 25.6. The van der Waals surface area contributed by atoms with Gasteiger partial charge in [0, 0.05) is 44.6 Å². The van der Waals surface area contributed by atoms with E-state index in [0.717, 1.165) is 71.7 Å². The van der Waals surface area contributed by atoms with Crippen LogP contribution >= 0.6 is 0 Å². The van der Waals surface area contributed by atoms with Crippen LogP contribution in [0.15, 0.2) is 148 Å². The van der Waals surface area contributed by atoms with Crippen LogP contribution in [0.2, 0.25) is 0 Å². The van der Waals surface area contributed by atoms with Gasteiger partial charge in [0.1, 0.15) is 22.5 Å². The molecule has 3 aromatic heterocycles. The second-order valence-corrected chi connectivity index (χ2v) is 12.1. The summed E-state index contributed by atoms with van der Waals surface area (Å²) in [5, 5.41) is 8.69. The average Bonchev–Trinajstić information content (AvgIpc) is 3.73. The first-order valence-corrected chi connectivity index (χ1v) is 16.0. The summed E-state index contributed by atoms with van der Waals surface area (Å²) in [5.41, 5.74) is 8.49. The summed E-state index contributed by atoms with van der Waals surface area (Å²) in [6, 6.07) is 45.7. The van der Waals surface area contributed by atoms with Gasteiger partial charge >= 0.3 is 0 Å². The molecule has 9 aromatic rings. The first-order valence-electron chi connectivity index (χ1n) is 16.0. The minimum absolute atomic E-state index is 0.569. The maximum atomic E-state index is 6.27. The van der Waals surface area contributed by atoms with Crippen LogP contribution in [0, 0.1) is 0 Å². The molecule has 10 rings (SSSR count). The second-order valence-electron chi connectivity index (χ2n) is 12.1. The molecule has 1 aliphatic heterocycles. The van der Waals surface area contributed by atoms with E-state index >= 15 is 0 Å². The normalized spacial score (nSPS) is 12.8. The largest absolute Gasteiger partial charge is 0.459 e. The van der Waals surface area contributed by atoms with Crippen molar-refractivity contribution in [1.82, 2.24) is 20.3 Å². The van der Waals surface area contributed by atoms with Crippen LogP contribution in [0.3, 0.4) is 0 Å². The van der Waals surface area contributed by atoms with Gasteiger partial charge in [0.15, 0.2) is 17.5 Å². The summed E-state index contributed by atoms with van der Waals surface area (Å²) >= 11 is 0. The van der Waals surface area contributed by atoms with E-state index in [1.54, 1.807) is 0 Å². The highest BCUT2D eigenvalue weighted by molar-refractivity contribution is 6.11. The molecular formula is C42H26N4O2. The number of nitrogens with zero attached hydrogens (tertiary/aromatic N) is 3. The number of para-hydroxylation sites is 2. The van der Waals surface area contributed by atoms with Gasteiger partial charge in [-0.2, -0.15) is 0 Å². The molecular weight excluding hydrogens is 592 g/mol. The number of fused-ring (bicyclic) bond motifs is 7. The molecule has 0 radical (unpaired) electrons. The molecule has 0 amide bonds. The minimum Gasteiger partial charge on any atom is -0.459 e. The van der Waals surface area contributed by atoms with Crippen LogP contribution in [0.4, 0.5) is 0 Å². The first-order chi connectivity index (χ1) is 23.8. The van der Waals surface area contributed by atoms with Crippen molar-refractivity contribution < 1.29 is 8.83 Å². The Kier molecular flexibility index (Phi) is 5.84. The predicted octanol–water partition coefficient (Wildman–Crippen LogP) is 10.2. The molecule has 0 atom stereocenters. The van der Waals surface area contributed by atoms with Crippen molar-refractivity contribution in [3.63, 3.8) is 0 Å². The van der Waals surface area contributed by atoms with Gasteiger partial charge in [0.25, 0.3) is 0 Å². The molecule has 4 heterocycles. The summed E-state index contributed by atoms with van der Waals surface area (Å²) < 4.78 is 12.5. The summed E-state index contributed by atoms with van der Waals surface area (Å²) in [5.74, 6) is 2.60. The topological polar surface area (TPSA) is 77.0 Å². The van der Waals surface area contributed by atoms with Gasteiger partial charge in [-0.05, 0) is 52.2 Å². The molecule has 0 fully saturated rings. The molecule has 0 saturated heterocycles. The van der Waals surface area contributed by atoms with Gasteiger partial charge < -0.3 is 14.2 Å². The zero-order chi connectivity index (χ0) is 31.6. The van der Waals surface area contributed by atoms with Crippen LogP contribution < -0.4 is 5.32 Å². The van der Waals surface area contributed by atoms with Gasteiger partial charge in [-0.25, -0.2) is 15.0 Å². The molecule has 6 heteroatoms. The molecule has 226 valence electrons. The number of hydrogen-bond donors (Lipinski definition) is 1. The fourth-order valence-corrected chi connectivity index (χ4v) is 6.91. The van der Waals surface area contributed by atoms with Crippen molar-refractivity contribution in [2.24, 2.45) is 0 Å². The summed E-state index contributed by atoms with van der Waals surface area (Å²) in [6.45, 7) is 0.592. The molecule has 6 aromatic carbocycles. The van der Waals surface area contributed by atoms with E-state index in [1.807, 2.05) is 60.8 Å². The third-order valence-corrected chi connectivity index (χ3v) is 9.17. The van der Waals surface area contributed by atoms with Gasteiger partial charge in [0.05, 0.1) is 6.54 Å². The van der Waals surface area contributed by atoms with E-state index in [0.29, 0.717) is 24.0 Å². The Bertz CT molecular complexity index is 2740. The smallest absolute Gasteiger partial charge is 0.166 e. The lowest BCUT2D eigenvalue weighted by Gasteiger charge is -2.16. The SMILES string of the molecule is C1=C(c2nc(-c3ccc4cc(-c5ccccc5)ccc4c3)nc(-c3cccc4oc5ccccc5c34)n2)c2c(oc3ccccc23)CN1. The summed E-state index contributed by atoms with van der Waals surface area (Å²) in [4.78, 5) is 15.5. The van der Waals surface area contributed by atoms with Crippen molar-refractivity contribution in [3.05, 3.63) is 157 Å². The lowest BCUT2D eigenvalue weighted by Crippen LogP contribution is -2.14. The van der Waals surface area contributed by atoms with Crippen LogP contribution in [0.1, 0.15) is 17.1 Å². The number of hydrogen-bond acceptors (Lipinski definition) is 6. The molecule has 6 nitrogen and oxygen atoms in total. The second kappa shape index (κ2) is 10.5. The van der Waals surface area contributed by atoms with E-state index in [1.165, 1.54) is 11.1 Å². The zero-order valence-corrected chi connectivity index (χ0v) is 25.6. The fraction of sp³-hybridized carbons (Fsp3) is 0.0238. The Morgan fingerprint density at radius 3 is 2.02 bits per heavy atom. The lowest BCUT2D eigenvalue weighted by molar-refractivity contribution is 0.531. The third kappa shape index (κ3) is 4.23. The maximum absolute atomic E-state index is 6.27. The number of rotatable bonds is 4. The van der Waals surface area contributed by atoms with Gasteiger partial charge in [-0.15, -0.1) is 0 Å². The van der Waals surface area contributed by atoms with E-state index in [4.69, 9.17) is 23.8 Å². The molecule has 0 bridgehead atoms. The standard InChI is InChI=1S/C42H26N4O2/c1-2-9-25(10-3-1)26-17-18-28-22-29(20-19-27(28)21-26)40-44-41(32-13-8-16-36-38(32)30-11-4-6-14-34(30)47-36)46-42(45-40)33-23-43-24-37-39(33)31-12-5-7-15-35(31)48-37/h1-23,43H,24H2. The molecule has 0 saturated carbocycles. The van der Waals surface area contributed by atoms with E-state index in [9.17, 15) is 0 Å². The molecule has 0 spiro atoms. The van der Waals surface area contributed by atoms with Crippen LogP contribution in [0.25, 0.3) is 83.2 Å².